The van der Waals surface area contributed by atoms with E-state index in [1.807, 2.05) is 78.0 Å². The number of aromatic nitrogens is 4. The summed E-state index contributed by atoms with van der Waals surface area (Å²) in [5, 5.41) is 7.59. The molecular weight excluding hydrogens is 376 g/mol. The number of para-hydroxylation sites is 2. The lowest BCUT2D eigenvalue weighted by atomic mass is 10.2. The van der Waals surface area contributed by atoms with E-state index in [0.29, 0.717) is 6.54 Å². The van der Waals surface area contributed by atoms with E-state index in [0.717, 1.165) is 52.5 Å². The lowest BCUT2D eigenvalue weighted by Crippen LogP contribution is -2.34. The van der Waals surface area contributed by atoms with Crippen LogP contribution in [0.2, 0.25) is 0 Å². The molecule has 2 aromatic carbocycles. The summed E-state index contributed by atoms with van der Waals surface area (Å²) in [5.41, 5.74) is 5.62. The second-order valence-electron chi connectivity index (χ2n) is 7.81. The van der Waals surface area contributed by atoms with Crippen molar-refractivity contribution >= 4 is 22.8 Å². The maximum absolute atomic E-state index is 13.1. The highest BCUT2D eigenvalue weighted by Crippen LogP contribution is 2.32. The zero-order valence-electron chi connectivity index (χ0n) is 17.1. The van der Waals surface area contributed by atoms with Crippen LogP contribution in [0.1, 0.15) is 36.1 Å². The second kappa shape index (κ2) is 7.33. The van der Waals surface area contributed by atoms with Crippen LogP contribution in [-0.4, -0.2) is 37.2 Å². The zero-order valence-corrected chi connectivity index (χ0v) is 17.1. The highest BCUT2D eigenvalue weighted by molar-refractivity contribution is 5.90. The molecule has 2 N–H and O–H groups in total. The van der Waals surface area contributed by atoms with Gasteiger partial charge in [0, 0.05) is 17.9 Å². The van der Waals surface area contributed by atoms with Gasteiger partial charge in [0.1, 0.15) is 5.82 Å². The van der Waals surface area contributed by atoms with Crippen LogP contribution in [0.15, 0.2) is 54.6 Å². The number of carbonyl (C=O) groups excluding carboxylic acids is 1. The first-order valence-electron chi connectivity index (χ1n) is 10.2. The van der Waals surface area contributed by atoms with Crippen LogP contribution >= 0.6 is 0 Å². The maximum Gasteiger partial charge on any atom is 0.322 e. The van der Waals surface area contributed by atoms with Gasteiger partial charge in [0.25, 0.3) is 0 Å². The summed E-state index contributed by atoms with van der Waals surface area (Å²) in [6.07, 6.45) is 1.86. The van der Waals surface area contributed by atoms with Gasteiger partial charge in [0.2, 0.25) is 0 Å². The number of fused-ring (bicyclic) bond motifs is 1. The minimum absolute atomic E-state index is 0.0448. The average molecular weight is 400 g/mol. The molecule has 0 bridgehead atoms. The van der Waals surface area contributed by atoms with Crippen LogP contribution < -0.4 is 5.32 Å². The Labute approximate surface area is 174 Å². The number of nitrogens with zero attached hydrogens (tertiary/aromatic N) is 4. The number of urea groups is 1. The lowest BCUT2D eigenvalue weighted by molar-refractivity contribution is 0.205. The van der Waals surface area contributed by atoms with Gasteiger partial charge in [-0.1, -0.05) is 18.2 Å². The number of rotatable bonds is 3. The number of anilines is 1. The van der Waals surface area contributed by atoms with Crippen molar-refractivity contribution in [2.75, 3.05) is 11.9 Å². The van der Waals surface area contributed by atoms with Crippen LogP contribution in [0.5, 0.6) is 0 Å². The fraction of sp³-hybridized carbons (Fsp3) is 0.261. The number of hydrogen-bond donors (Lipinski definition) is 2. The SMILES string of the molecule is Cc1cc(C)n(-c2cccc(NC(=O)N3CCCC3c3nc4ccccc4[nH]3)c2)n1. The molecule has 0 radical (unpaired) electrons. The van der Waals surface area contributed by atoms with Crippen molar-refractivity contribution in [1.82, 2.24) is 24.6 Å². The standard InChI is InChI=1S/C23H24N6O/c1-15-13-16(2)29(27-15)18-8-5-7-17(14-18)24-23(30)28-12-6-11-21(28)22-25-19-9-3-4-10-20(19)26-22/h3-5,7-10,13-14,21H,6,11-12H2,1-2H3,(H,24,30)(H,25,26). The molecule has 1 saturated heterocycles. The number of hydrogen-bond acceptors (Lipinski definition) is 3. The van der Waals surface area contributed by atoms with Gasteiger partial charge in [0.15, 0.2) is 0 Å². The van der Waals surface area contributed by atoms with Crippen LogP contribution in [0.3, 0.4) is 0 Å². The van der Waals surface area contributed by atoms with Crippen molar-refractivity contribution in [3.63, 3.8) is 0 Å². The summed E-state index contributed by atoms with van der Waals surface area (Å²) in [5.74, 6) is 0.847. The number of likely N-dealkylation sites (tertiary alicyclic amines) is 1. The Bertz CT molecular complexity index is 1190. The summed E-state index contributed by atoms with van der Waals surface area (Å²) >= 11 is 0. The number of aryl methyl sites for hydroxylation is 2. The minimum atomic E-state index is -0.108. The zero-order chi connectivity index (χ0) is 20.7. The van der Waals surface area contributed by atoms with Crippen molar-refractivity contribution in [1.29, 1.82) is 0 Å². The summed E-state index contributed by atoms with van der Waals surface area (Å²) in [6.45, 7) is 4.71. The number of amides is 2. The minimum Gasteiger partial charge on any atom is -0.340 e. The van der Waals surface area contributed by atoms with Gasteiger partial charge in [-0.2, -0.15) is 5.10 Å². The normalized spacial score (nSPS) is 16.3. The molecule has 152 valence electrons. The quantitative estimate of drug-likeness (QED) is 0.522. The van der Waals surface area contributed by atoms with E-state index in [2.05, 4.69) is 15.4 Å². The van der Waals surface area contributed by atoms with Gasteiger partial charge < -0.3 is 15.2 Å². The predicted octanol–water partition coefficient (Wildman–Crippen LogP) is 4.73. The summed E-state index contributed by atoms with van der Waals surface area (Å²) in [4.78, 5) is 23.0. The van der Waals surface area contributed by atoms with Crippen LogP contribution in [0, 0.1) is 13.8 Å². The molecule has 4 aromatic rings. The van der Waals surface area contributed by atoms with Crippen molar-refractivity contribution in [3.05, 3.63) is 71.8 Å². The fourth-order valence-corrected chi connectivity index (χ4v) is 4.23. The molecule has 1 aliphatic rings. The Hall–Kier alpha value is -3.61. The van der Waals surface area contributed by atoms with Crippen LogP contribution in [-0.2, 0) is 0 Å². The number of aromatic amines is 1. The molecule has 0 spiro atoms. The van der Waals surface area contributed by atoms with Crippen LogP contribution in [0.25, 0.3) is 16.7 Å². The summed E-state index contributed by atoms with van der Waals surface area (Å²) in [7, 11) is 0. The Kier molecular flexibility index (Phi) is 4.50. The molecule has 0 saturated carbocycles. The van der Waals surface area contributed by atoms with E-state index >= 15 is 0 Å². The molecule has 7 nitrogen and oxygen atoms in total. The molecule has 1 fully saturated rings. The number of benzene rings is 2. The van der Waals surface area contributed by atoms with Crippen molar-refractivity contribution in [2.45, 2.75) is 32.7 Å². The molecule has 2 aromatic heterocycles. The van der Waals surface area contributed by atoms with Gasteiger partial charge >= 0.3 is 6.03 Å². The van der Waals surface area contributed by atoms with E-state index in [9.17, 15) is 4.79 Å². The smallest absolute Gasteiger partial charge is 0.322 e. The number of carbonyl (C=O) groups is 1. The van der Waals surface area contributed by atoms with Gasteiger partial charge in [-0.05, 0) is 63.1 Å². The van der Waals surface area contributed by atoms with Crippen molar-refractivity contribution in [2.24, 2.45) is 0 Å². The third kappa shape index (κ3) is 3.32. The molecule has 0 aliphatic carbocycles. The molecule has 1 atom stereocenters. The van der Waals surface area contributed by atoms with E-state index in [1.165, 1.54) is 0 Å². The highest BCUT2D eigenvalue weighted by atomic mass is 16.2. The number of nitrogens with one attached hydrogen (secondary N) is 2. The molecule has 7 heteroatoms. The molecule has 2 amide bonds. The molecule has 1 aliphatic heterocycles. The van der Waals surface area contributed by atoms with Crippen molar-refractivity contribution < 1.29 is 4.79 Å². The van der Waals surface area contributed by atoms with Gasteiger partial charge in [-0.15, -0.1) is 0 Å². The lowest BCUT2D eigenvalue weighted by Gasteiger charge is -2.23. The maximum atomic E-state index is 13.1. The van der Waals surface area contributed by atoms with E-state index in [4.69, 9.17) is 4.98 Å². The van der Waals surface area contributed by atoms with E-state index in [-0.39, 0.29) is 12.1 Å². The van der Waals surface area contributed by atoms with Gasteiger partial charge in [0.05, 0.1) is 28.5 Å². The second-order valence-corrected chi connectivity index (χ2v) is 7.81. The Morgan fingerprint density at radius 2 is 2.00 bits per heavy atom. The topological polar surface area (TPSA) is 78.8 Å². The molecule has 3 heterocycles. The Morgan fingerprint density at radius 3 is 2.80 bits per heavy atom. The van der Waals surface area contributed by atoms with Crippen LogP contribution in [0.4, 0.5) is 10.5 Å². The molecule has 1 unspecified atom stereocenters. The molecular formula is C23H24N6O. The largest absolute Gasteiger partial charge is 0.340 e. The first kappa shape index (κ1) is 18.4. The summed E-state index contributed by atoms with van der Waals surface area (Å²) < 4.78 is 1.89. The summed E-state index contributed by atoms with van der Waals surface area (Å²) in [6, 6.07) is 17.6. The number of imidazole rings is 1. The first-order valence-corrected chi connectivity index (χ1v) is 10.2. The highest BCUT2D eigenvalue weighted by Gasteiger charge is 2.32. The average Bonchev–Trinajstić information content (AvgIpc) is 3.45. The first-order chi connectivity index (χ1) is 14.6. The van der Waals surface area contributed by atoms with Gasteiger partial charge in [-0.25, -0.2) is 14.5 Å². The Morgan fingerprint density at radius 1 is 1.13 bits per heavy atom. The Balaban J connectivity index is 1.37. The van der Waals surface area contributed by atoms with E-state index < -0.39 is 0 Å². The molecule has 5 rings (SSSR count). The molecule has 30 heavy (non-hydrogen) atoms. The third-order valence-corrected chi connectivity index (χ3v) is 5.59. The predicted molar refractivity (Wildman–Crippen MR) is 117 cm³/mol. The van der Waals surface area contributed by atoms with Crippen molar-refractivity contribution in [3.8, 4) is 5.69 Å². The fourth-order valence-electron chi connectivity index (χ4n) is 4.23. The van der Waals surface area contributed by atoms with Gasteiger partial charge in [-0.3, -0.25) is 0 Å². The van der Waals surface area contributed by atoms with E-state index in [1.54, 1.807) is 0 Å². The number of H-pyrrole nitrogens is 1. The monoisotopic (exact) mass is 400 g/mol. The third-order valence-electron chi connectivity index (χ3n) is 5.59.